The van der Waals surface area contributed by atoms with Gasteiger partial charge in [-0.05, 0) is 57.5 Å². The first-order chi connectivity index (χ1) is 17.6. The second-order valence-electron chi connectivity index (χ2n) is 9.95. The number of benzene rings is 2. The molecule has 1 amide bonds. The van der Waals surface area contributed by atoms with Crippen molar-refractivity contribution < 1.29 is 22.7 Å². The smallest absolute Gasteiger partial charge is 0.329 e. The largest absolute Gasteiger partial charge is 0.378 e. The van der Waals surface area contributed by atoms with E-state index in [0.717, 1.165) is 29.2 Å². The van der Waals surface area contributed by atoms with Crippen LogP contribution in [0.2, 0.25) is 0 Å². The molecule has 0 aliphatic carbocycles. The fourth-order valence-corrected chi connectivity index (χ4v) is 5.64. The summed E-state index contributed by atoms with van der Waals surface area (Å²) in [6, 6.07) is 4.39. The maximum absolute atomic E-state index is 14.4. The third kappa shape index (κ3) is 4.46. The van der Waals surface area contributed by atoms with Crippen molar-refractivity contribution in [3.63, 3.8) is 0 Å². The van der Waals surface area contributed by atoms with Gasteiger partial charge in [-0.2, -0.15) is 0 Å². The summed E-state index contributed by atoms with van der Waals surface area (Å²) in [4.78, 5) is 45.0. The number of aromatic amines is 1. The Kier molecular flexibility index (Phi) is 6.45. The predicted octanol–water partition coefficient (Wildman–Crippen LogP) is 2.78. The van der Waals surface area contributed by atoms with Gasteiger partial charge in [-0.1, -0.05) is 6.07 Å². The molecular weight excluding hydrogens is 489 g/mol. The lowest BCUT2D eigenvalue weighted by Crippen LogP contribution is -2.57. The molecule has 11 heteroatoms. The zero-order valence-corrected chi connectivity index (χ0v) is 20.4. The zero-order valence-electron chi connectivity index (χ0n) is 20.4. The molecule has 8 nitrogen and oxygen atoms in total. The van der Waals surface area contributed by atoms with Crippen molar-refractivity contribution in [3.8, 4) is 0 Å². The van der Waals surface area contributed by atoms with Gasteiger partial charge in [0.15, 0.2) is 0 Å². The van der Waals surface area contributed by atoms with E-state index in [9.17, 15) is 27.6 Å². The summed E-state index contributed by atoms with van der Waals surface area (Å²) in [7, 11) is 1.93. The van der Waals surface area contributed by atoms with Gasteiger partial charge in [0.05, 0.1) is 30.2 Å². The van der Waals surface area contributed by atoms with Gasteiger partial charge in [0.2, 0.25) is 5.91 Å². The van der Waals surface area contributed by atoms with E-state index in [1.165, 1.54) is 19.1 Å². The molecule has 3 heterocycles. The SMILES string of the molecule is C[C@H](NC(=O)[C@@H](CC12CCC(COC1)N2C)n1c(=O)[nH]c2ccc(F)cc2c1=O)c1ccc(F)cc1F. The van der Waals surface area contributed by atoms with Crippen molar-refractivity contribution in [1.82, 2.24) is 19.8 Å². The van der Waals surface area contributed by atoms with Crippen LogP contribution in [0, 0.1) is 17.5 Å². The van der Waals surface area contributed by atoms with Crippen LogP contribution in [-0.2, 0) is 9.53 Å². The van der Waals surface area contributed by atoms with Gasteiger partial charge >= 0.3 is 5.69 Å². The molecule has 0 saturated carbocycles. The zero-order chi connectivity index (χ0) is 26.5. The summed E-state index contributed by atoms with van der Waals surface area (Å²) in [6.45, 7) is 2.38. The quantitative estimate of drug-likeness (QED) is 0.526. The van der Waals surface area contributed by atoms with Crippen LogP contribution in [0.5, 0.6) is 0 Å². The monoisotopic (exact) mass is 516 g/mol. The number of amides is 1. The first kappa shape index (κ1) is 25.2. The lowest BCUT2D eigenvalue weighted by atomic mass is 9.88. The number of ether oxygens (including phenoxy) is 1. The Balaban J connectivity index is 1.58. The highest BCUT2D eigenvalue weighted by molar-refractivity contribution is 5.82. The van der Waals surface area contributed by atoms with Crippen molar-refractivity contribution in [3.05, 3.63) is 80.3 Å². The fourth-order valence-electron chi connectivity index (χ4n) is 5.64. The number of aromatic nitrogens is 2. The molecule has 4 atom stereocenters. The number of morpholine rings is 1. The first-order valence-corrected chi connectivity index (χ1v) is 12.1. The number of rotatable bonds is 6. The summed E-state index contributed by atoms with van der Waals surface area (Å²) < 4.78 is 48.4. The molecule has 2 saturated heterocycles. The minimum absolute atomic E-state index is 0.0487. The summed E-state index contributed by atoms with van der Waals surface area (Å²) in [5, 5.41) is 2.60. The summed E-state index contributed by atoms with van der Waals surface area (Å²) in [6.07, 6.45) is 1.58. The van der Waals surface area contributed by atoms with E-state index < -0.39 is 52.2 Å². The van der Waals surface area contributed by atoms with Gasteiger partial charge in [0.25, 0.3) is 5.56 Å². The highest BCUT2D eigenvalue weighted by Gasteiger charge is 2.50. The van der Waals surface area contributed by atoms with Crippen molar-refractivity contribution >= 4 is 16.8 Å². The predicted molar refractivity (Wildman–Crippen MR) is 130 cm³/mol. The Morgan fingerprint density at radius 1 is 1.19 bits per heavy atom. The third-order valence-electron chi connectivity index (χ3n) is 7.79. The molecule has 2 aromatic carbocycles. The van der Waals surface area contributed by atoms with Crippen molar-refractivity contribution in [2.75, 3.05) is 20.3 Å². The number of H-pyrrole nitrogens is 1. The maximum Gasteiger partial charge on any atom is 0.329 e. The molecule has 2 N–H and O–H groups in total. The van der Waals surface area contributed by atoms with Crippen LogP contribution in [0.25, 0.3) is 10.9 Å². The van der Waals surface area contributed by atoms with Crippen LogP contribution in [0.15, 0.2) is 46.0 Å². The second-order valence-corrected chi connectivity index (χ2v) is 9.95. The molecule has 37 heavy (non-hydrogen) atoms. The minimum atomic E-state index is -1.31. The van der Waals surface area contributed by atoms with E-state index >= 15 is 0 Å². The van der Waals surface area contributed by atoms with E-state index in [2.05, 4.69) is 15.2 Å². The Labute approximate surface area is 210 Å². The molecule has 5 rings (SSSR count). The molecule has 2 unspecified atom stereocenters. The molecule has 196 valence electrons. The number of nitrogens with zero attached hydrogens (tertiary/aromatic N) is 2. The van der Waals surface area contributed by atoms with Crippen molar-refractivity contribution in [2.24, 2.45) is 0 Å². The van der Waals surface area contributed by atoms with Gasteiger partial charge in [0, 0.05) is 23.2 Å². The lowest BCUT2D eigenvalue weighted by molar-refractivity contribution is -0.128. The number of halogens is 3. The van der Waals surface area contributed by atoms with Gasteiger partial charge in [-0.3, -0.25) is 14.5 Å². The summed E-state index contributed by atoms with van der Waals surface area (Å²) in [5.74, 6) is -2.95. The standard InChI is InChI=1S/C26H27F3N4O4/c1-14(18-5-3-16(28)10-20(18)29)30-23(34)22(11-26-8-7-17(32(26)2)12-37-13-26)33-24(35)19-9-15(27)4-6-21(19)31-25(33)36/h3-6,9-10,14,17,22H,7-8,11-13H2,1-2H3,(H,30,34)(H,31,36)/t14-,17?,22+,26?/m0/s1. The Bertz CT molecular complexity index is 1480. The number of nitrogens with one attached hydrogen (secondary N) is 2. The molecule has 2 aliphatic heterocycles. The van der Waals surface area contributed by atoms with Crippen LogP contribution < -0.4 is 16.6 Å². The van der Waals surface area contributed by atoms with Gasteiger partial charge in [-0.25, -0.2) is 22.5 Å². The molecular formula is C26H27F3N4O4. The maximum atomic E-state index is 14.4. The fraction of sp³-hybridized carbons (Fsp3) is 0.423. The number of carbonyl (C=O) groups is 1. The van der Waals surface area contributed by atoms with Crippen LogP contribution in [-0.4, -0.2) is 52.2 Å². The van der Waals surface area contributed by atoms with Crippen LogP contribution in [0.1, 0.15) is 43.8 Å². The average Bonchev–Trinajstić information content (AvgIpc) is 3.00. The Morgan fingerprint density at radius 2 is 1.92 bits per heavy atom. The second kappa shape index (κ2) is 9.46. The van der Waals surface area contributed by atoms with E-state index in [0.29, 0.717) is 25.7 Å². The Morgan fingerprint density at radius 3 is 2.68 bits per heavy atom. The van der Waals surface area contributed by atoms with E-state index in [-0.39, 0.29) is 28.9 Å². The Hall–Kier alpha value is -3.44. The lowest BCUT2D eigenvalue weighted by Gasteiger charge is -2.44. The highest BCUT2D eigenvalue weighted by Crippen LogP contribution is 2.41. The molecule has 0 spiro atoms. The van der Waals surface area contributed by atoms with Gasteiger partial charge < -0.3 is 15.0 Å². The van der Waals surface area contributed by atoms with Crippen molar-refractivity contribution in [2.45, 2.75) is 49.9 Å². The molecule has 2 fully saturated rings. The average molecular weight is 517 g/mol. The molecule has 3 aromatic rings. The minimum Gasteiger partial charge on any atom is -0.378 e. The van der Waals surface area contributed by atoms with E-state index in [1.807, 2.05) is 7.05 Å². The van der Waals surface area contributed by atoms with E-state index in [1.54, 1.807) is 0 Å². The number of fused-ring (bicyclic) bond motifs is 3. The van der Waals surface area contributed by atoms with Gasteiger partial charge in [0.1, 0.15) is 23.5 Å². The normalized spacial score (nSPS) is 23.2. The molecule has 2 bridgehead atoms. The number of hydrogen-bond acceptors (Lipinski definition) is 5. The highest BCUT2D eigenvalue weighted by atomic mass is 19.1. The van der Waals surface area contributed by atoms with Gasteiger partial charge in [-0.15, -0.1) is 0 Å². The number of carbonyl (C=O) groups excluding carboxylic acids is 1. The molecule has 2 aliphatic rings. The molecule has 1 aromatic heterocycles. The summed E-state index contributed by atoms with van der Waals surface area (Å²) >= 11 is 0. The van der Waals surface area contributed by atoms with Crippen molar-refractivity contribution in [1.29, 1.82) is 0 Å². The molecule has 0 radical (unpaired) electrons. The first-order valence-electron chi connectivity index (χ1n) is 12.1. The van der Waals surface area contributed by atoms with E-state index in [4.69, 9.17) is 4.74 Å². The van der Waals surface area contributed by atoms with Crippen LogP contribution in [0.4, 0.5) is 13.2 Å². The number of hydrogen-bond donors (Lipinski definition) is 2. The van der Waals surface area contributed by atoms with Crippen LogP contribution >= 0.6 is 0 Å². The van der Waals surface area contributed by atoms with Crippen LogP contribution in [0.3, 0.4) is 0 Å². The number of likely N-dealkylation sites (N-methyl/N-ethyl adjacent to an activating group) is 1. The topological polar surface area (TPSA) is 96.4 Å². The third-order valence-corrected chi connectivity index (χ3v) is 7.79. The summed E-state index contributed by atoms with van der Waals surface area (Å²) in [5.41, 5.74) is -2.06.